The van der Waals surface area contributed by atoms with Crippen LogP contribution < -0.4 is 20.4 Å². The number of amides is 2. The number of carbonyl (C=O) groups excluding carboxylic acids is 2. The Hall–Kier alpha value is -3.88. The van der Waals surface area contributed by atoms with Gasteiger partial charge in [0.25, 0.3) is 11.8 Å². The summed E-state index contributed by atoms with van der Waals surface area (Å²) in [5.74, 6) is -0.531. The second-order valence-electron chi connectivity index (χ2n) is 8.79. The molecule has 186 valence electrons. The fourth-order valence-electron chi connectivity index (χ4n) is 4.41. The maximum absolute atomic E-state index is 13.0. The van der Waals surface area contributed by atoms with Crippen molar-refractivity contribution in [2.45, 2.75) is 0 Å². The topological polar surface area (TPSA) is 83.1 Å². The fraction of sp³-hybridized carbons (Fsp3) is 0.286. The molecule has 8 heteroatoms. The fourth-order valence-corrected chi connectivity index (χ4v) is 4.41. The van der Waals surface area contributed by atoms with Crippen molar-refractivity contribution in [3.05, 3.63) is 83.9 Å². The van der Waals surface area contributed by atoms with Gasteiger partial charge in [0.05, 0.1) is 26.4 Å². The minimum atomic E-state index is -0.266. The first-order chi connectivity index (χ1) is 17.7. The molecule has 3 aromatic rings. The summed E-state index contributed by atoms with van der Waals surface area (Å²) in [6.07, 6.45) is 0. The smallest absolute Gasteiger partial charge is 0.255 e. The predicted octanol–water partition coefficient (Wildman–Crippen LogP) is 3.86. The molecule has 8 nitrogen and oxygen atoms in total. The van der Waals surface area contributed by atoms with Gasteiger partial charge in [0.1, 0.15) is 0 Å². The Labute approximate surface area is 210 Å². The lowest BCUT2D eigenvalue weighted by Gasteiger charge is -2.29. The van der Waals surface area contributed by atoms with E-state index in [0.717, 1.165) is 37.6 Å². The average Bonchev–Trinajstić information content (AvgIpc) is 2.94. The number of hydrogen-bond acceptors (Lipinski definition) is 6. The van der Waals surface area contributed by atoms with Crippen LogP contribution >= 0.6 is 0 Å². The molecule has 0 unspecified atom stereocenters. The maximum atomic E-state index is 13.0. The van der Waals surface area contributed by atoms with E-state index in [4.69, 9.17) is 9.47 Å². The van der Waals surface area contributed by atoms with Gasteiger partial charge in [0, 0.05) is 60.1 Å². The van der Waals surface area contributed by atoms with Crippen molar-refractivity contribution < 1.29 is 19.1 Å². The summed E-state index contributed by atoms with van der Waals surface area (Å²) < 4.78 is 10.8. The summed E-state index contributed by atoms with van der Waals surface area (Å²) in [5.41, 5.74) is 4.34. The van der Waals surface area contributed by atoms with Gasteiger partial charge >= 0.3 is 0 Å². The van der Waals surface area contributed by atoms with Crippen LogP contribution in [0.1, 0.15) is 20.7 Å². The number of hydrogen-bond donors (Lipinski definition) is 2. The van der Waals surface area contributed by atoms with Crippen molar-refractivity contribution in [3.63, 3.8) is 0 Å². The third-order valence-electron chi connectivity index (χ3n) is 6.35. The van der Waals surface area contributed by atoms with E-state index in [0.29, 0.717) is 48.9 Å². The molecule has 2 heterocycles. The molecule has 0 aromatic heterocycles. The molecule has 0 bridgehead atoms. The Balaban J connectivity index is 1.24. The molecule has 2 saturated heterocycles. The van der Waals surface area contributed by atoms with Gasteiger partial charge in [-0.2, -0.15) is 0 Å². The molecule has 36 heavy (non-hydrogen) atoms. The third-order valence-corrected chi connectivity index (χ3v) is 6.35. The highest BCUT2D eigenvalue weighted by molar-refractivity contribution is 6.09. The Morgan fingerprint density at radius 1 is 0.583 bits per heavy atom. The molecule has 3 aromatic carbocycles. The summed E-state index contributed by atoms with van der Waals surface area (Å²) >= 11 is 0. The number of rotatable bonds is 6. The summed E-state index contributed by atoms with van der Waals surface area (Å²) in [6.45, 7) is 6.08. The second kappa shape index (κ2) is 11.2. The largest absolute Gasteiger partial charge is 0.378 e. The van der Waals surface area contributed by atoms with Crippen LogP contribution in [0.2, 0.25) is 0 Å². The number of carbonyl (C=O) groups is 2. The highest BCUT2D eigenvalue weighted by atomic mass is 16.5. The van der Waals surface area contributed by atoms with Crippen LogP contribution in [-0.4, -0.2) is 64.4 Å². The lowest BCUT2D eigenvalue weighted by Crippen LogP contribution is -2.36. The number of nitrogens with zero attached hydrogens (tertiary/aromatic N) is 2. The van der Waals surface area contributed by atoms with E-state index < -0.39 is 0 Å². The first kappa shape index (κ1) is 23.8. The Bertz CT molecular complexity index is 1130. The molecule has 0 aliphatic carbocycles. The van der Waals surface area contributed by atoms with Crippen LogP contribution in [-0.2, 0) is 9.47 Å². The number of ether oxygens (including phenoxy) is 2. The number of nitrogens with one attached hydrogen (secondary N) is 2. The van der Waals surface area contributed by atoms with Crippen molar-refractivity contribution in [2.75, 3.05) is 73.0 Å². The van der Waals surface area contributed by atoms with Crippen LogP contribution in [0.4, 0.5) is 22.7 Å². The summed E-state index contributed by atoms with van der Waals surface area (Å²) in [5, 5.41) is 5.91. The summed E-state index contributed by atoms with van der Waals surface area (Å²) in [7, 11) is 0. The normalized spacial score (nSPS) is 15.9. The van der Waals surface area contributed by atoms with Crippen LogP contribution in [0, 0.1) is 0 Å². The molecular weight excluding hydrogens is 456 g/mol. The molecule has 2 fully saturated rings. The third kappa shape index (κ3) is 5.84. The predicted molar refractivity (Wildman–Crippen MR) is 141 cm³/mol. The van der Waals surface area contributed by atoms with Crippen LogP contribution in [0.15, 0.2) is 72.8 Å². The van der Waals surface area contributed by atoms with Crippen molar-refractivity contribution >= 4 is 34.6 Å². The molecule has 2 aliphatic rings. The molecule has 0 atom stereocenters. The van der Waals surface area contributed by atoms with Crippen molar-refractivity contribution in [3.8, 4) is 0 Å². The molecule has 0 saturated carbocycles. The average molecular weight is 487 g/mol. The molecule has 5 rings (SSSR count). The Kier molecular flexibility index (Phi) is 7.44. The van der Waals surface area contributed by atoms with E-state index in [1.165, 1.54) is 0 Å². The van der Waals surface area contributed by atoms with Gasteiger partial charge in [-0.3, -0.25) is 9.59 Å². The van der Waals surface area contributed by atoms with E-state index in [9.17, 15) is 9.59 Å². The second-order valence-corrected chi connectivity index (χ2v) is 8.79. The van der Waals surface area contributed by atoms with Gasteiger partial charge in [0.2, 0.25) is 0 Å². The van der Waals surface area contributed by atoms with Gasteiger partial charge in [-0.15, -0.1) is 0 Å². The lowest BCUT2D eigenvalue weighted by molar-refractivity contribution is 0.102. The van der Waals surface area contributed by atoms with Crippen molar-refractivity contribution in [2.24, 2.45) is 0 Å². The quantitative estimate of drug-likeness (QED) is 0.551. The van der Waals surface area contributed by atoms with Gasteiger partial charge < -0.3 is 29.9 Å². The summed E-state index contributed by atoms with van der Waals surface area (Å²) in [6, 6.07) is 22.3. The molecule has 0 spiro atoms. The van der Waals surface area contributed by atoms with Gasteiger partial charge in [-0.25, -0.2) is 0 Å². The zero-order valence-corrected chi connectivity index (χ0v) is 20.1. The molecular formula is C28H30N4O4. The van der Waals surface area contributed by atoms with E-state index in [1.54, 1.807) is 24.3 Å². The first-order valence-corrected chi connectivity index (χ1v) is 12.2. The van der Waals surface area contributed by atoms with Crippen LogP contribution in [0.25, 0.3) is 0 Å². The van der Waals surface area contributed by atoms with Gasteiger partial charge in [-0.1, -0.05) is 18.2 Å². The monoisotopic (exact) mass is 486 g/mol. The summed E-state index contributed by atoms with van der Waals surface area (Å²) in [4.78, 5) is 30.4. The standard InChI is InChI=1S/C28H30N4O4/c33-27(29-23-6-2-8-25(19-23)31-10-14-35-15-11-31)21-4-1-5-22(18-21)28(34)30-24-7-3-9-26(20-24)32-12-16-36-17-13-32/h1-9,18-20H,10-17H2,(H,29,33)(H,30,34). The minimum Gasteiger partial charge on any atom is -0.378 e. The minimum absolute atomic E-state index is 0.266. The van der Waals surface area contributed by atoms with E-state index in [2.05, 4.69) is 20.4 Å². The van der Waals surface area contributed by atoms with Gasteiger partial charge in [-0.05, 0) is 54.6 Å². The maximum Gasteiger partial charge on any atom is 0.255 e. The van der Waals surface area contributed by atoms with Gasteiger partial charge in [0.15, 0.2) is 0 Å². The van der Waals surface area contributed by atoms with E-state index in [1.807, 2.05) is 48.5 Å². The van der Waals surface area contributed by atoms with Crippen molar-refractivity contribution in [1.29, 1.82) is 0 Å². The Morgan fingerprint density at radius 3 is 1.44 bits per heavy atom. The van der Waals surface area contributed by atoms with E-state index >= 15 is 0 Å². The zero-order valence-electron chi connectivity index (χ0n) is 20.1. The van der Waals surface area contributed by atoms with Crippen LogP contribution in [0.3, 0.4) is 0 Å². The highest BCUT2D eigenvalue weighted by Crippen LogP contribution is 2.23. The SMILES string of the molecule is O=C(Nc1cccc(N2CCOCC2)c1)c1cccc(C(=O)Nc2cccc(N3CCOCC3)c2)c1. The Morgan fingerprint density at radius 2 is 1.00 bits per heavy atom. The molecule has 0 radical (unpaired) electrons. The number of benzene rings is 3. The lowest BCUT2D eigenvalue weighted by atomic mass is 10.1. The number of morpholine rings is 2. The number of anilines is 4. The zero-order chi connectivity index (χ0) is 24.7. The highest BCUT2D eigenvalue weighted by Gasteiger charge is 2.15. The molecule has 2 aliphatic heterocycles. The first-order valence-electron chi connectivity index (χ1n) is 12.2. The van der Waals surface area contributed by atoms with Crippen molar-refractivity contribution in [1.82, 2.24) is 0 Å². The van der Waals surface area contributed by atoms with Crippen LogP contribution in [0.5, 0.6) is 0 Å². The van der Waals surface area contributed by atoms with E-state index in [-0.39, 0.29) is 11.8 Å². The molecule has 2 N–H and O–H groups in total. The molecule has 2 amide bonds.